The number of rotatable bonds is 5. The van der Waals surface area contributed by atoms with Crippen molar-refractivity contribution in [2.24, 2.45) is 0 Å². The Bertz CT molecular complexity index is 682. The van der Waals surface area contributed by atoms with Crippen LogP contribution in [-0.2, 0) is 11.3 Å². The summed E-state index contributed by atoms with van der Waals surface area (Å²) in [5, 5.41) is 13.2. The molecule has 0 atom stereocenters. The van der Waals surface area contributed by atoms with Crippen molar-refractivity contribution in [1.82, 2.24) is 14.8 Å². The second-order valence-electron chi connectivity index (χ2n) is 4.15. The normalized spacial score (nSPS) is 10.4. The molecular formula is C14H15N3O4. The maximum absolute atomic E-state index is 12.1. The highest BCUT2D eigenvalue weighted by Gasteiger charge is 2.17. The summed E-state index contributed by atoms with van der Waals surface area (Å²) >= 11 is 0. The van der Waals surface area contributed by atoms with Gasteiger partial charge in [-0.15, -0.1) is 0 Å². The topological polar surface area (TPSA) is 94.3 Å². The fourth-order valence-electron chi connectivity index (χ4n) is 1.81. The molecule has 0 saturated carbocycles. The van der Waals surface area contributed by atoms with E-state index in [1.54, 1.807) is 31.5 Å². The summed E-state index contributed by atoms with van der Waals surface area (Å²) in [6.45, 7) is 1.58. The number of hydrogen-bond donors (Lipinski definition) is 1. The molecule has 0 radical (unpaired) electrons. The van der Waals surface area contributed by atoms with Crippen LogP contribution in [0.1, 0.15) is 17.3 Å². The Kier molecular flexibility index (Phi) is 4.78. The van der Waals surface area contributed by atoms with Crippen LogP contribution < -0.4 is 5.56 Å². The second-order valence-corrected chi connectivity index (χ2v) is 4.15. The van der Waals surface area contributed by atoms with Crippen LogP contribution in [0.4, 0.5) is 0 Å². The Labute approximate surface area is 120 Å². The highest BCUT2D eigenvalue weighted by molar-refractivity contribution is 5.90. The summed E-state index contributed by atoms with van der Waals surface area (Å²) in [7, 11) is 0. The number of aliphatic hydroxyl groups excluding tert-OH is 1. The van der Waals surface area contributed by atoms with Crippen molar-refractivity contribution in [2.75, 3.05) is 13.2 Å². The van der Waals surface area contributed by atoms with Crippen molar-refractivity contribution in [3.8, 4) is 11.3 Å². The predicted molar refractivity (Wildman–Crippen MR) is 74.8 cm³/mol. The molecule has 2 rings (SSSR count). The van der Waals surface area contributed by atoms with Gasteiger partial charge in [-0.1, -0.05) is 0 Å². The van der Waals surface area contributed by atoms with E-state index in [4.69, 9.17) is 9.84 Å². The van der Waals surface area contributed by atoms with Gasteiger partial charge in [0, 0.05) is 18.0 Å². The van der Waals surface area contributed by atoms with Crippen LogP contribution in [0, 0.1) is 0 Å². The third-order valence-corrected chi connectivity index (χ3v) is 2.76. The molecule has 110 valence electrons. The predicted octanol–water partition coefficient (Wildman–Crippen LogP) is 0.474. The van der Waals surface area contributed by atoms with Gasteiger partial charge < -0.3 is 9.84 Å². The van der Waals surface area contributed by atoms with Gasteiger partial charge in [0.05, 0.1) is 25.5 Å². The molecule has 2 aromatic heterocycles. The van der Waals surface area contributed by atoms with E-state index in [0.717, 1.165) is 4.68 Å². The van der Waals surface area contributed by atoms with E-state index in [2.05, 4.69) is 10.1 Å². The molecule has 21 heavy (non-hydrogen) atoms. The Morgan fingerprint density at radius 3 is 2.71 bits per heavy atom. The number of nitrogens with zero attached hydrogens (tertiary/aromatic N) is 3. The van der Waals surface area contributed by atoms with Gasteiger partial charge in [0.1, 0.15) is 5.56 Å². The van der Waals surface area contributed by atoms with Gasteiger partial charge in [0.25, 0.3) is 5.56 Å². The van der Waals surface area contributed by atoms with Gasteiger partial charge in [-0.05, 0) is 25.1 Å². The third kappa shape index (κ3) is 3.32. The van der Waals surface area contributed by atoms with Crippen LogP contribution in [0.25, 0.3) is 11.3 Å². The van der Waals surface area contributed by atoms with E-state index in [1.807, 2.05) is 0 Å². The van der Waals surface area contributed by atoms with Gasteiger partial charge >= 0.3 is 5.97 Å². The number of aliphatic hydroxyl groups is 1. The highest BCUT2D eigenvalue weighted by atomic mass is 16.5. The molecule has 2 heterocycles. The Morgan fingerprint density at radius 1 is 1.38 bits per heavy atom. The van der Waals surface area contributed by atoms with Crippen LogP contribution in [-0.4, -0.2) is 39.1 Å². The SMILES string of the molecule is CCOC(=O)c1cc(-c2ccncc2)nn(CCO)c1=O. The molecule has 0 saturated heterocycles. The van der Waals surface area contributed by atoms with Crippen molar-refractivity contribution in [3.05, 3.63) is 46.5 Å². The van der Waals surface area contributed by atoms with Gasteiger partial charge in [-0.3, -0.25) is 9.78 Å². The van der Waals surface area contributed by atoms with Crippen LogP contribution >= 0.6 is 0 Å². The quantitative estimate of drug-likeness (QED) is 0.804. The lowest BCUT2D eigenvalue weighted by atomic mass is 10.1. The first-order valence-electron chi connectivity index (χ1n) is 6.48. The lowest BCUT2D eigenvalue weighted by molar-refractivity contribution is 0.0522. The third-order valence-electron chi connectivity index (χ3n) is 2.76. The van der Waals surface area contributed by atoms with Crippen molar-refractivity contribution in [1.29, 1.82) is 0 Å². The van der Waals surface area contributed by atoms with Crippen LogP contribution in [0.3, 0.4) is 0 Å². The molecule has 0 fully saturated rings. The average molecular weight is 289 g/mol. The van der Waals surface area contributed by atoms with E-state index in [0.29, 0.717) is 11.3 Å². The number of ether oxygens (including phenoxy) is 1. The summed E-state index contributed by atoms with van der Waals surface area (Å²) in [6, 6.07) is 4.82. The van der Waals surface area contributed by atoms with Gasteiger partial charge in [-0.25, -0.2) is 9.48 Å². The minimum Gasteiger partial charge on any atom is -0.462 e. The molecule has 0 unspecified atom stereocenters. The van der Waals surface area contributed by atoms with E-state index in [1.165, 1.54) is 6.07 Å². The minimum absolute atomic E-state index is 0.00413. The molecule has 0 aliphatic heterocycles. The summed E-state index contributed by atoms with van der Waals surface area (Å²) in [5.74, 6) is -0.702. The monoisotopic (exact) mass is 289 g/mol. The maximum atomic E-state index is 12.1. The first kappa shape index (κ1) is 14.9. The molecule has 2 aromatic rings. The fraction of sp³-hybridized carbons (Fsp3) is 0.286. The van der Waals surface area contributed by atoms with Gasteiger partial charge in [0.2, 0.25) is 0 Å². The standard InChI is InChI=1S/C14H15N3O4/c1-2-21-14(20)11-9-12(10-3-5-15-6-4-10)16-17(7-8-18)13(11)19/h3-6,9,18H,2,7-8H2,1H3. The van der Waals surface area contributed by atoms with Crippen molar-refractivity contribution in [3.63, 3.8) is 0 Å². The van der Waals surface area contributed by atoms with Crippen LogP contribution in [0.15, 0.2) is 35.4 Å². The van der Waals surface area contributed by atoms with Gasteiger partial charge in [-0.2, -0.15) is 5.10 Å². The number of pyridine rings is 1. The molecule has 0 aliphatic rings. The Morgan fingerprint density at radius 2 is 2.10 bits per heavy atom. The zero-order valence-electron chi connectivity index (χ0n) is 11.5. The molecule has 0 aliphatic carbocycles. The second kappa shape index (κ2) is 6.76. The molecule has 0 amide bonds. The van der Waals surface area contributed by atoms with Crippen molar-refractivity contribution < 1.29 is 14.6 Å². The summed E-state index contributed by atoms with van der Waals surface area (Å²) < 4.78 is 5.94. The van der Waals surface area contributed by atoms with Crippen LogP contribution in [0.5, 0.6) is 0 Å². The molecular weight excluding hydrogens is 274 g/mol. The first-order valence-corrected chi connectivity index (χ1v) is 6.48. The first-order chi connectivity index (χ1) is 10.2. The summed E-state index contributed by atoms with van der Waals surface area (Å²) in [5.41, 5.74) is 0.461. The highest BCUT2D eigenvalue weighted by Crippen LogP contribution is 2.15. The van der Waals surface area contributed by atoms with Crippen molar-refractivity contribution in [2.45, 2.75) is 13.5 Å². The molecule has 0 aromatic carbocycles. The Balaban J connectivity index is 2.57. The van der Waals surface area contributed by atoms with E-state index in [-0.39, 0.29) is 25.3 Å². The van der Waals surface area contributed by atoms with E-state index >= 15 is 0 Å². The number of carbonyl (C=O) groups excluding carboxylic acids is 1. The van der Waals surface area contributed by atoms with E-state index in [9.17, 15) is 9.59 Å². The lowest BCUT2D eigenvalue weighted by Gasteiger charge is -2.09. The van der Waals surface area contributed by atoms with Crippen molar-refractivity contribution >= 4 is 5.97 Å². The summed E-state index contributed by atoms with van der Waals surface area (Å²) in [6.07, 6.45) is 3.17. The zero-order valence-corrected chi connectivity index (χ0v) is 11.5. The van der Waals surface area contributed by atoms with Crippen LogP contribution in [0.2, 0.25) is 0 Å². The molecule has 7 heteroatoms. The number of carbonyl (C=O) groups is 1. The maximum Gasteiger partial charge on any atom is 0.343 e. The van der Waals surface area contributed by atoms with E-state index < -0.39 is 11.5 Å². The molecule has 7 nitrogen and oxygen atoms in total. The largest absolute Gasteiger partial charge is 0.462 e. The molecule has 0 spiro atoms. The number of hydrogen-bond acceptors (Lipinski definition) is 6. The molecule has 0 bridgehead atoms. The minimum atomic E-state index is -0.702. The van der Waals surface area contributed by atoms with Gasteiger partial charge in [0.15, 0.2) is 0 Å². The number of aromatic nitrogens is 3. The fourth-order valence-corrected chi connectivity index (χ4v) is 1.81. The molecule has 1 N–H and O–H groups in total. The Hall–Kier alpha value is -2.54. The summed E-state index contributed by atoms with van der Waals surface area (Å²) in [4.78, 5) is 27.9. The number of esters is 1. The zero-order chi connectivity index (χ0) is 15.2. The lowest BCUT2D eigenvalue weighted by Crippen LogP contribution is -2.30. The average Bonchev–Trinajstić information content (AvgIpc) is 2.50. The smallest absolute Gasteiger partial charge is 0.343 e.